The summed E-state index contributed by atoms with van der Waals surface area (Å²) in [6, 6.07) is 20.3. The number of ketones is 1. The highest BCUT2D eigenvalue weighted by molar-refractivity contribution is 6.51. The maximum Gasteiger partial charge on any atom is 0.300 e. The van der Waals surface area contributed by atoms with Crippen LogP contribution >= 0.6 is 0 Å². The first-order valence-corrected chi connectivity index (χ1v) is 12.0. The van der Waals surface area contributed by atoms with Crippen molar-refractivity contribution in [3.8, 4) is 5.75 Å². The monoisotopic (exact) mass is 498 g/mol. The third-order valence-electron chi connectivity index (χ3n) is 6.35. The lowest BCUT2D eigenvalue weighted by atomic mass is 9.85. The molecule has 0 radical (unpaired) electrons. The van der Waals surface area contributed by atoms with Crippen LogP contribution in [-0.2, 0) is 19.8 Å². The molecule has 1 unspecified atom stereocenters. The summed E-state index contributed by atoms with van der Waals surface area (Å²) < 4.78 is 5.51. The van der Waals surface area contributed by atoms with E-state index in [4.69, 9.17) is 4.74 Å². The van der Waals surface area contributed by atoms with Gasteiger partial charge in [-0.1, -0.05) is 57.2 Å². The molecule has 0 bridgehead atoms. The number of hydrogen-bond acceptors (Lipinski definition) is 5. The van der Waals surface area contributed by atoms with Gasteiger partial charge >= 0.3 is 0 Å². The minimum atomic E-state index is -0.865. The fourth-order valence-electron chi connectivity index (χ4n) is 4.46. The maximum absolute atomic E-state index is 13.5. The standard InChI is InChI=1S/C30H30N2O5/c1-18(33)31-21-12-14-22(15-13-21)32-26(19-9-7-6-8-10-19)25(28(35)29(32)36)27(34)23-17-20(30(2,3)4)11-16-24(23)37-5/h6-17,26,34H,1-5H3,(H,31,33)/b27-25+. The van der Waals surface area contributed by atoms with Gasteiger partial charge in [-0.15, -0.1) is 0 Å². The summed E-state index contributed by atoms with van der Waals surface area (Å²) in [6.45, 7) is 7.55. The number of amides is 2. The summed E-state index contributed by atoms with van der Waals surface area (Å²) in [6.07, 6.45) is 0. The summed E-state index contributed by atoms with van der Waals surface area (Å²) >= 11 is 0. The van der Waals surface area contributed by atoms with Crippen molar-refractivity contribution in [3.63, 3.8) is 0 Å². The second kappa shape index (κ2) is 9.93. The van der Waals surface area contributed by atoms with Crippen LogP contribution in [0.2, 0.25) is 0 Å². The van der Waals surface area contributed by atoms with Crippen molar-refractivity contribution in [2.75, 3.05) is 17.3 Å². The molecule has 1 atom stereocenters. The van der Waals surface area contributed by atoms with Crippen molar-refractivity contribution in [2.24, 2.45) is 0 Å². The molecule has 2 N–H and O–H groups in total. The second-order valence-corrected chi connectivity index (χ2v) is 9.97. The van der Waals surface area contributed by atoms with Crippen LogP contribution in [0.4, 0.5) is 11.4 Å². The van der Waals surface area contributed by atoms with E-state index in [1.807, 2.05) is 57.2 Å². The molecule has 1 fully saturated rings. The number of aliphatic hydroxyl groups excluding tert-OH is 1. The molecule has 2 amide bonds. The maximum atomic E-state index is 13.5. The summed E-state index contributed by atoms with van der Waals surface area (Å²) in [5, 5.41) is 14.3. The Morgan fingerprint density at radius 1 is 0.973 bits per heavy atom. The van der Waals surface area contributed by atoms with E-state index in [1.54, 1.807) is 36.4 Å². The topological polar surface area (TPSA) is 95.9 Å². The molecule has 1 aliphatic rings. The Morgan fingerprint density at radius 2 is 1.62 bits per heavy atom. The van der Waals surface area contributed by atoms with Gasteiger partial charge in [0.05, 0.1) is 24.3 Å². The molecule has 1 aliphatic heterocycles. The number of nitrogens with one attached hydrogen (secondary N) is 1. The number of anilines is 2. The number of methoxy groups -OCH3 is 1. The summed E-state index contributed by atoms with van der Waals surface area (Å²) in [4.78, 5) is 39.7. The van der Waals surface area contributed by atoms with Gasteiger partial charge in [-0.2, -0.15) is 0 Å². The molecule has 7 heteroatoms. The Bertz CT molecular complexity index is 1390. The minimum Gasteiger partial charge on any atom is -0.507 e. The van der Waals surface area contributed by atoms with Gasteiger partial charge in [-0.05, 0) is 52.9 Å². The first-order valence-electron chi connectivity index (χ1n) is 12.0. The zero-order valence-electron chi connectivity index (χ0n) is 21.5. The van der Waals surface area contributed by atoms with Crippen LogP contribution in [0.5, 0.6) is 5.75 Å². The number of carbonyl (C=O) groups is 3. The average Bonchev–Trinajstić information content (AvgIpc) is 3.13. The molecule has 0 saturated carbocycles. The van der Waals surface area contributed by atoms with Gasteiger partial charge in [0, 0.05) is 18.3 Å². The summed E-state index contributed by atoms with van der Waals surface area (Å²) in [5.74, 6) is -1.67. The molecule has 37 heavy (non-hydrogen) atoms. The Morgan fingerprint density at radius 3 is 2.19 bits per heavy atom. The zero-order valence-corrected chi connectivity index (χ0v) is 21.5. The number of Topliss-reactive ketones (excluding diaryl/α,β-unsaturated/α-hetero) is 1. The fraction of sp³-hybridized carbons (Fsp3) is 0.233. The van der Waals surface area contributed by atoms with E-state index in [0.29, 0.717) is 28.3 Å². The third kappa shape index (κ3) is 4.98. The van der Waals surface area contributed by atoms with E-state index in [2.05, 4.69) is 5.32 Å². The van der Waals surface area contributed by atoms with Crippen LogP contribution in [0.15, 0.2) is 78.4 Å². The van der Waals surface area contributed by atoms with Crippen molar-refractivity contribution in [1.82, 2.24) is 0 Å². The normalized spacial score (nSPS) is 17.1. The van der Waals surface area contributed by atoms with Crippen LogP contribution in [0, 0.1) is 0 Å². The highest BCUT2D eigenvalue weighted by Gasteiger charge is 2.47. The van der Waals surface area contributed by atoms with Gasteiger partial charge in [0.1, 0.15) is 11.5 Å². The minimum absolute atomic E-state index is 0.0218. The van der Waals surface area contributed by atoms with Gasteiger partial charge in [-0.25, -0.2) is 0 Å². The number of benzene rings is 3. The lowest BCUT2D eigenvalue weighted by Crippen LogP contribution is -2.29. The van der Waals surface area contributed by atoms with Crippen molar-refractivity contribution >= 4 is 34.7 Å². The van der Waals surface area contributed by atoms with Crippen LogP contribution in [0.1, 0.15) is 50.4 Å². The SMILES string of the molecule is COc1ccc(C(C)(C)C)cc1/C(O)=C1\C(=O)C(=O)N(c2ccc(NC(C)=O)cc2)C1c1ccccc1. The fourth-order valence-corrected chi connectivity index (χ4v) is 4.46. The van der Waals surface area contributed by atoms with E-state index < -0.39 is 17.7 Å². The molecule has 1 saturated heterocycles. The predicted molar refractivity (Wildman–Crippen MR) is 144 cm³/mol. The van der Waals surface area contributed by atoms with Gasteiger partial charge in [0.15, 0.2) is 0 Å². The van der Waals surface area contributed by atoms with Crippen molar-refractivity contribution < 1.29 is 24.2 Å². The van der Waals surface area contributed by atoms with Crippen LogP contribution < -0.4 is 15.0 Å². The number of nitrogens with zero attached hydrogens (tertiary/aromatic N) is 1. The number of hydrogen-bond donors (Lipinski definition) is 2. The number of rotatable bonds is 5. The van der Waals surface area contributed by atoms with E-state index in [9.17, 15) is 19.5 Å². The molecule has 190 valence electrons. The van der Waals surface area contributed by atoms with Gasteiger partial charge < -0.3 is 15.2 Å². The number of aliphatic hydroxyl groups is 1. The molecule has 1 heterocycles. The molecular formula is C30H30N2O5. The Balaban J connectivity index is 1.92. The molecule has 0 aliphatic carbocycles. The van der Waals surface area contributed by atoms with Crippen LogP contribution in [0.3, 0.4) is 0 Å². The van der Waals surface area contributed by atoms with Crippen molar-refractivity contribution in [2.45, 2.75) is 39.2 Å². The molecule has 4 rings (SSSR count). The second-order valence-electron chi connectivity index (χ2n) is 9.97. The van der Waals surface area contributed by atoms with E-state index >= 15 is 0 Å². The number of carbonyl (C=O) groups excluding carboxylic acids is 3. The Hall–Kier alpha value is -4.39. The van der Waals surface area contributed by atoms with E-state index in [0.717, 1.165) is 5.56 Å². The zero-order chi connectivity index (χ0) is 26.9. The predicted octanol–water partition coefficient (Wildman–Crippen LogP) is 5.58. The van der Waals surface area contributed by atoms with Crippen LogP contribution in [0.25, 0.3) is 5.76 Å². The summed E-state index contributed by atoms with van der Waals surface area (Å²) in [7, 11) is 1.49. The van der Waals surface area contributed by atoms with Gasteiger partial charge in [0.25, 0.3) is 11.7 Å². The van der Waals surface area contributed by atoms with Gasteiger partial charge in [0.2, 0.25) is 5.91 Å². The van der Waals surface area contributed by atoms with Crippen LogP contribution in [-0.4, -0.2) is 29.8 Å². The molecule has 3 aromatic carbocycles. The first-order chi connectivity index (χ1) is 17.5. The van der Waals surface area contributed by atoms with Gasteiger partial charge in [-0.3, -0.25) is 19.3 Å². The Kier molecular flexibility index (Phi) is 6.90. The highest BCUT2D eigenvalue weighted by Crippen LogP contribution is 2.44. The number of ether oxygens (including phenoxy) is 1. The first kappa shape index (κ1) is 25.7. The van der Waals surface area contributed by atoms with E-state index in [-0.39, 0.29) is 22.7 Å². The Labute approximate surface area is 216 Å². The molecule has 7 nitrogen and oxygen atoms in total. The lowest BCUT2D eigenvalue weighted by Gasteiger charge is -2.26. The molecule has 0 aromatic heterocycles. The molecule has 0 spiro atoms. The van der Waals surface area contributed by atoms with Crippen molar-refractivity contribution in [3.05, 3.63) is 95.1 Å². The molecular weight excluding hydrogens is 468 g/mol. The lowest BCUT2D eigenvalue weighted by molar-refractivity contribution is -0.132. The summed E-state index contributed by atoms with van der Waals surface area (Å²) in [5.41, 5.74) is 2.73. The molecule has 3 aromatic rings. The largest absolute Gasteiger partial charge is 0.507 e. The highest BCUT2D eigenvalue weighted by atomic mass is 16.5. The quantitative estimate of drug-likeness (QED) is 0.272. The van der Waals surface area contributed by atoms with Crippen molar-refractivity contribution in [1.29, 1.82) is 0 Å². The van der Waals surface area contributed by atoms with E-state index in [1.165, 1.54) is 18.9 Å². The third-order valence-corrected chi connectivity index (χ3v) is 6.35. The smallest absolute Gasteiger partial charge is 0.300 e. The average molecular weight is 499 g/mol.